The molecule has 0 heterocycles. The first-order chi connectivity index (χ1) is 20.3. The van der Waals surface area contributed by atoms with E-state index in [1.807, 2.05) is 0 Å². The first kappa shape index (κ1) is 29.9. The van der Waals surface area contributed by atoms with Gasteiger partial charge in [0.05, 0.1) is 0 Å². The van der Waals surface area contributed by atoms with Crippen LogP contribution >= 0.6 is 7.92 Å². The molecule has 0 unspecified atom stereocenters. The van der Waals surface area contributed by atoms with E-state index in [-0.39, 0.29) is 7.92 Å². The van der Waals surface area contributed by atoms with Gasteiger partial charge in [0.15, 0.2) is 0 Å². The number of rotatable bonds is 7. The lowest BCUT2D eigenvalue weighted by atomic mass is 9.81. The molecule has 0 spiro atoms. The molecule has 2 aliphatic rings. The third-order valence-electron chi connectivity index (χ3n) is 10.5. The minimum Gasteiger partial charge on any atom is -0.0683 e. The van der Waals surface area contributed by atoms with Crippen molar-refractivity contribution in [3.63, 3.8) is 0 Å². The van der Waals surface area contributed by atoms with Gasteiger partial charge >= 0.3 is 0 Å². The number of benzene rings is 4. The van der Waals surface area contributed by atoms with E-state index < -0.39 is 0 Å². The lowest BCUT2D eigenvalue weighted by molar-refractivity contribution is 0.487. The van der Waals surface area contributed by atoms with Gasteiger partial charge in [-0.05, 0) is 109 Å². The third kappa shape index (κ3) is 5.71. The molecule has 0 bridgehead atoms. The first-order valence-electron chi connectivity index (χ1n) is 17.3. The Morgan fingerprint density at radius 3 is 1.74 bits per heavy atom. The van der Waals surface area contributed by atoms with Crippen molar-refractivity contribution in [2.75, 3.05) is 0 Å². The van der Waals surface area contributed by atoms with Gasteiger partial charge in [-0.2, -0.15) is 0 Å². The second kappa shape index (κ2) is 12.8. The van der Waals surface area contributed by atoms with Crippen molar-refractivity contribution in [2.24, 2.45) is 0 Å². The van der Waals surface area contributed by atoms with E-state index in [1.165, 1.54) is 96.9 Å². The van der Waals surface area contributed by atoms with Crippen molar-refractivity contribution in [1.29, 1.82) is 0 Å². The van der Waals surface area contributed by atoms with Crippen LogP contribution in [0.25, 0.3) is 32.7 Å². The van der Waals surface area contributed by atoms with Gasteiger partial charge in [-0.15, -0.1) is 0 Å². The number of fused-ring (bicyclic) bond motifs is 2. The van der Waals surface area contributed by atoms with Gasteiger partial charge in [0, 0.05) is 0 Å². The Bertz CT molecular complexity index is 1510. The van der Waals surface area contributed by atoms with Crippen LogP contribution in [0.5, 0.6) is 0 Å². The van der Waals surface area contributed by atoms with Crippen molar-refractivity contribution in [3.05, 3.63) is 77.4 Å². The summed E-state index contributed by atoms with van der Waals surface area (Å²) in [6.07, 6.45) is 14.4. The van der Waals surface area contributed by atoms with Crippen LogP contribution in [0, 0.1) is 0 Å². The second-order valence-corrected chi connectivity index (χ2v) is 17.1. The molecule has 0 amide bonds. The summed E-state index contributed by atoms with van der Waals surface area (Å²) in [7, 11) is -0.233. The Kier molecular flexibility index (Phi) is 9.12. The monoisotopic (exact) mass is 576 g/mol. The van der Waals surface area contributed by atoms with E-state index in [2.05, 4.69) is 102 Å². The number of hydrogen-bond acceptors (Lipinski definition) is 0. The largest absolute Gasteiger partial charge is 0.0683 e. The molecule has 0 radical (unpaired) electrons. The van der Waals surface area contributed by atoms with Gasteiger partial charge in [0.1, 0.15) is 0 Å². The molecule has 2 aliphatic carbocycles. The van der Waals surface area contributed by atoms with Crippen LogP contribution in [-0.4, -0.2) is 11.3 Å². The lowest BCUT2D eigenvalue weighted by Crippen LogP contribution is -2.27. The van der Waals surface area contributed by atoms with Crippen LogP contribution in [0.15, 0.2) is 60.7 Å². The highest BCUT2D eigenvalue weighted by Gasteiger charge is 2.35. The highest BCUT2D eigenvalue weighted by Crippen LogP contribution is 2.57. The summed E-state index contributed by atoms with van der Waals surface area (Å²) in [6.45, 7) is 14.3. The normalized spacial score (nSPS) is 17.5. The molecular formula is C41H53P. The maximum absolute atomic E-state index is 2.63. The van der Waals surface area contributed by atoms with E-state index in [4.69, 9.17) is 0 Å². The fourth-order valence-electron chi connectivity index (χ4n) is 8.21. The molecule has 0 aromatic heterocycles. The SMILES string of the molecule is CC(C)c1ccc2c(-c3c(P(C4CCCCC4)C4CCCCC4)ccc4ccccc34)c(C(C)C)cc(C(C)C)c2c1. The lowest BCUT2D eigenvalue weighted by Gasteiger charge is -2.40. The molecule has 4 aromatic rings. The maximum Gasteiger partial charge on any atom is -0.00191 e. The molecule has 4 aromatic carbocycles. The molecule has 0 aliphatic heterocycles. The van der Waals surface area contributed by atoms with Crippen molar-refractivity contribution >= 4 is 34.8 Å². The molecule has 1 heteroatoms. The molecule has 0 atom stereocenters. The summed E-state index contributed by atoms with van der Waals surface area (Å²) in [6, 6.07) is 24.5. The molecule has 2 saturated carbocycles. The van der Waals surface area contributed by atoms with E-state index in [1.54, 1.807) is 22.0 Å². The first-order valence-corrected chi connectivity index (χ1v) is 18.7. The van der Waals surface area contributed by atoms with Gasteiger partial charge in [-0.25, -0.2) is 0 Å². The fourth-order valence-corrected chi connectivity index (χ4v) is 12.2. The van der Waals surface area contributed by atoms with Gasteiger partial charge in [0.2, 0.25) is 0 Å². The zero-order valence-electron chi connectivity index (χ0n) is 27.2. The van der Waals surface area contributed by atoms with Gasteiger partial charge in [-0.1, -0.05) is 149 Å². The van der Waals surface area contributed by atoms with E-state index in [0.29, 0.717) is 17.8 Å². The minimum absolute atomic E-state index is 0.233. The second-order valence-electron chi connectivity index (χ2n) is 14.4. The summed E-state index contributed by atoms with van der Waals surface area (Å²) in [5, 5.41) is 7.56. The third-order valence-corrected chi connectivity index (χ3v) is 14.0. The maximum atomic E-state index is 2.63. The van der Waals surface area contributed by atoms with Crippen molar-refractivity contribution in [2.45, 2.75) is 135 Å². The molecule has 6 rings (SSSR count). The molecular weight excluding hydrogens is 523 g/mol. The van der Waals surface area contributed by atoms with E-state index in [9.17, 15) is 0 Å². The van der Waals surface area contributed by atoms with Crippen molar-refractivity contribution in [1.82, 2.24) is 0 Å². The van der Waals surface area contributed by atoms with E-state index >= 15 is 0 Å². The van der Waals surface area contributed by atoms with Crippen molar-refractivity contribution < 1.29 is 0 Å². The molecule has 0 nitrogen and oxygen atoms in total. The van der Waals surface area contributed by atoms with Crippen LogP contribution in [0.3, 0.4) is 0 Å². The quantitative estimate of drug-likeness (QED) is 0.192. The topological polar surface area (TPSA) is 0 Å². The smallest absolute Gasteiger partial charge is 0.00191 e. The Morgan fingerprint density at radius 1 is 0.524 bits per heavy atom. The molecule has 0 saturated heterocycles. The van der Waals surface area contributed by atoms with Gasteiger partial charge in [0.25, 0.3) is 0 Å². The molecule has 0 N–H and O–H groups in total. The highest BCUT2D eigenvalue weighted by atomic mass is 31.1. The summed E-state index contributed by atoms with van der Waals surface area (Å²) < 4.78 is 0. The van der Waals surface area contributed by atoms with E-state index in [0.717, 1.165) is 11.3 Å². The Labute approximate surface area is 257 Å². The fraction of sp³-hybridized carbons (Fsp3) is 0.512. The summed E-state index contributed by atoms with van der Waals surface area (Å²) in [5.74, 6) is 1.49. The molecule has 2 fully saturated rings. The molecule has 222 valence electrons. The Hall–Kier alpha value is -2.17. The predicted molar refractivity (Wildman–Crippen MR) is 189 cm³/mol. The number of hydrogen-bond donors (Lipinski definition) is 0. The van der Waals surface area contributed by atoms with Crippen LogP contribution in [0.4, 0.5) is 0 Å². The van der Waals surface area contributed by atoms with Gasteiger partial charge < -0.3 is 0 Å². The average molecular weight is 577 g/mol. The summed E-state index contributed by atoms with van der Waals surface area (Å²) in [4.78, 5) is 0. The predicted octanol–water partition coefficient (Wildman–Crippen LogP) is 12.8. The van der Waals surface area contributed by atoms with Crippen LogP contribution in [0.2, 0.25) is 0 Å². The average Bonchev–Trinajstić information content (AvgIpc) is 3.01. The Balaban J connectivity index is 1.71. The standard InChI is InChI=1S/C41H53P/c1-27(2)31-21-23-35-38(25-31)36(28(3)4)26-37(29(5)6)40(35)41-34-20-14-13-15-30(34)22-24-39(41)42(32-16-9-7-10-17-32)33-18-11-8-12-19-33/h13-15,20-29,32-33H,7-12,16-19H2,1-6H3. The summed E-state index contributed by atoms with van der Waals surface area (Å²) >= 11 is 0. The highest BCUT2D eigenvalue weighted by molar-refractivity contribution is 7.67. The zero-order valence-corrected chi connectivity index (χ0v) is 28.1. The van der Waals surface area contributed by atoms with Gasteiger partial charge in [-0.3, -0.25) is 0 Å². The van der Waals surface area contributed by atoms with Crippen LogP contribution in [-0.2, 0) is 0 Å². The van der Waals surface area contributed by atoms with Crippen LogP contribution < -0.4 is 5.30 Å². The van der Waals surface area contributed by atoms with Crippen molar-refractivity contribution in [3.8, 4) is 11.1 Å². The molecule has 42 heavy (non-hydrogen) atoms. The summed E-state index contributed by atoms with van der Waals surface area (Å²) in [5.41, 5.74) is 9.42. The zero-order chi connectivity index (χ0) is 29.4. The Morgan fingerprint density at radius 2 is 1.14 bits per heavy atom. The van der Waals surface area contributed by atoms with Crippen LogP contribution in [0.1, 0.15) is 140 Å². The minimum atomic E-state index is -0.233.